The smallest absolute Gasteiger partial charge is 0.224 e. The lowest BCUT2D eigenvalue weighted by Gasteiger charge is -2.26. The Morgan fingerprint density at radius 1 is 1.50 bits per heavy atom. The molecule has 2 N–H and O–H groups in total. The van der Waals surface area contributed by atoms with Crippen LogP contribution in [0.25, 0.3) is 0 Å². The summed E-state index contributed by atoms with van der Waals surface area (Å²) in [7, 11) is 0. The molecule has 16 heavy (non-hydrogen) atoms. The van der Waals surface area contributed by atoms with Crippen LogP contribution < -0.4 is 5.73 Å². The molecule has 1 aromatic rings. The van der Waals surface area contributed by atoms with E-state index in [1.165, 1.54) is 0 Å². The highest BCUT2D eigenvalue weighted by Crippen LogP contribution is 2.35. The lowest BCUT2D eigenvalue weighted by molar-refractivity contribution is -0.128. The van der Waals surface area contributed by atoms with Crippen LogP contribution in [0.1, 0.15) is 24.9 Å². The second kappa shape index (κ2) is 4.44. The van der Waals surface area contributed by atoms with Crippen LogP contribution in [-0.2, 0) is 4.79 Å². The van der Waals surface area contributed by atoms with Crippen LogP contribution in [0.2, 0.25) is 5.02 Å². The molecule has 0 spiro atoms. The van der Waals surface area contributed by atoms with Crippen molar-refractivity contribution in [1.29, 1.82) is 0 Å². The largest absolute Gasteiger partial charge is 0.334 e. The van der Waals surface area contributed by atoms with Gasteiger partial charge in [-0.2, -0.15) is 0 Å². The van der Waals surface area contributed by atoms with Gasteiger partial charge in [0, 0.05) is 24.0 Å². The standard InChI is InChI=1S/C12H15ClN2O/c1-2-15-11(16)7-10(14)12(15)8-5-3-4-6-9(8)13/h3-6,10,12H,2,7,14H2,1H3. The summed E-state index contributed by atoms with van der Waals surface area (Å²) in [6.45, 7) is 2.63. The van der Waals surface area contributed by atoms with E-state index in [1.54, 1.807) is 4.90 Å². The van der Waals surface area contributed by atoms with Crippen LogP contribution in [0.4, 0.5) is 0 Å². The topological polar surface area (TPSA) is 46.3 Å². The summed E-state index contributed by atoms with van der Waals surface area (Å²) in [5, 5.41) is 0.677. The lowest BCUT2D eigenvalue weighted by atomic mass is 10.0. The fourth-order valence-corrected chi connectivity index (χ4v) is 2.55. The Morgan fingerprint density at radius 3 is 2.81 bits per heavy atom. The molecule has 0 bridgehead atoms. The summed E-state index contributed by atoms with van der Waals surface area (Å²) >= 11 is 6.15. The zero-order valence-corrected chi connectivity index (χ0v) is 9.95. The van der Waals surface area contributed by atoms with Gasteiger partial charge in [0.05, 0.1) is 6.04 Å². The normalized spacial score (nSPS) is 25.2. The van der Waals surface area contributed by atoms with Gasteiger partial charge in [-0.3, -0.25) is 4.79 Å². The van der Waals surface area contributed by atoms with E-state index in [4.69, 9.17) is 17.3 Å². The summed E-state index contributed by atoms with van der Waals surface area (Å²) < 4.78 is 0. The Morgan fingerprint density at radius 2 is 2.19 bits per heavy atom. The number of nitrogens with zero attached hydrogens (tertiary/aromatic N) is 1. The third kappa shape index (κ3) is 1.81. The highest BCUT2D eigenvalue weighted by molar-refractivity contribution is 6.31. The third-order valence-corrected chi connectivity index (χ3v) is 3.38. The molecule has 1 aliphatic heterocycles. The highest BCUT2D eigenvalue weighted by Gasteiger charge is 2.38. The summed E-state index contributed by atoms with van der Waals surface area (Å²) in [4.78, 5) is 13.5. The van der Waals surface area contributed by atoms with Crippen molar-refractivity contribution in [3.63, 3.8) is 0 Å². The van der Waals surface area contributed by atoms with Crippen molar-refractivity contribution in [1.82, 2.24) is 4.90 Å². The average molecular weight is 239 g/mol. The molecule has 0 aliphatic carbocycles. The molecular formula is C12H15ClN2O. The predicted octanol–water partition coefficient (Wildman–Crippen LogP) is 1.96. The van der Waals surface area contributed by atoms with Crippen molar-refractivity contribution in [2.24, 2.45) is 5.73 Å². The maximum Gasteiger partial charge on any atom is 0.224 e. The molecule has 2 unspecified atom stereocenters. The molecule has 86 valence electrons. The molecule has 0 radical (unpaired) electrons. The van der Waals surface area contributed by atoms with E-state index in [2.05, 4.69) is 0 Å². The summed E-state index contributed by atoms with van der Waals surface area (Å²) in [5.74, 6) is 0.111. The molecule has 0 saturated carbocycles. The van der Waals surface area contributed by atoms with Crippen molar-refractivity contribution in [2.45, 2.75) is 25.4 Å². The minimum absolute atomic E-state index is 0.0776. The number of benzene rings is 1. The molecule has 0 aromatic heterocycles. The fraction of sp³-hybridized carbons (Fsp3) is 0.417. The molecule has 1 fully saturated rings. The molecule has 1 aliphatic rings. The number of nitrogens with two attached hydrogens (primary N) is 1. The summed E-state index contributed by atoms with van der Waals surface area (Å²) in [6.07, 6.45) is 0.406. The van der Waals surface area contributed by atoms with Gasteiger partial charge in [0.25, 0.3) is 0 Å². The second-order valence-corrected chi connectivity index (χ2v) is 4.42. The van der Waals surface area contributed by atoms with Gasteiger partial charge in [0.1, 0.15) is 0 Å². The van der Waals surface area contributed by atoms with Crippen molar-refractivity contribution in [3.05, 3.63) is 34.9 Å². The number of likely N-dealkylation sites (tertiary alicyclic amines) is 1. The average Bonchev–Trinajstić information content (AvgIpc) is 2.54. The quantitative estimate of drug-likeness (QED) is 0.856. The Bertz CT molecular complexity index is 408. The van der Waals surface area contributed by atoms with E-state index < -0.39 is 0 Å². The highest BCUT2D eigenvalue weighted by atomic mass is 35.5. The van der Waals surface area contributed by atoms with Crippen LogP contribution in [0.3, 0.4) is 0 Å². The van der Waals surface area contributed by atoms with Crippen LogP contribution in [0.5, 0.6) is 0 Å². The van der Waals surface area contributed by atoms with Gasteiger partial charge >= 0.3 is 0 Å². The van der Waals surface area contributed by atoms with E-state index in [9.17, 15) is 4.79 Å². The number of carbonyl (C=O) groups excluding carboxylic acids is 1. The zero-order chi connectivity index (χ0) is 11.7. The Balaban J connectivity index is 2.39. The number of likely N-dealkylation sites (N-methyl/N-ethyl adjacent to an activating group) is 1. The van der Waals surface area contributed by atoms with E-state index in [0.29, 0.717) is 18.0 Å². The number of carbonyl (C=O) groups is 1. The van der Waals surface area contributed by atoms with E-state index in [-0.39, 0.29) is 18.0 Å². The maximum absolute atomic E-state index is 11.7. The Hall–Kier alpha value is -1.06. The first-order valence-electron chi connectivity index (χ1n) is 5.44. The van der Waals surface area contributed by atoms with Crippen molar-refractivity contribution in [2.75, 3.05) is 6.54 Å². The van der Waals surface area contributed by atoms with Gasteiger partial charge in [-0.15, -0.1) is 0 Å². The van der Waals surface area contributed by atoms with Gasteiger partial charge in [-0.25, -0.2) is 0 Å². The first-order chi connectivity index (χ1) is 7.65. The van der Waals surface area contributed by atoms with E-state index in [0.717, 1.165) is 5.56 Å². The fourth-order valence-electron chi connectivity index (χ4n) is 2.30. The van der Waals surface area contributed by atoms with Crippen LogP contribution in [0.15, 0.2) is 24.3 Å². The molecule has 1 heterocycles. The molecular weight excluding hydrogens is 224 g/mol. The zero-order valence-electron chi connectivity index (χ0n) is 9.19. The predicted molar refractivity (Wildman–Crippen MR) is 64.2 cm³/mol. The van der Waals surface area contributed by atoms with Gasteiger partial charge in [-0.1, -0.05) is 29.8 Å². The number of rotatable bonds is 2. The molecule has 4 heteroatoms. The first kappa shape index (κ1) is 11.4. The Kier molecular flexibility index (Phi) is 3.17. The van der Waals surface area contributed by atoms with Gasteiger partial charge in [0.15, 0.2) is 0 Å². The number of halogens is 1. The van der Waals surface area contributed by atoms with Crippen molar-refractivity contribution < 1.29 is 4.79 Å². The molecule has 2 rings (SSSR count). The Labute approximate surface area is 100 Å². The molecule has 1 aromatic carbocycles. The van der Waals surface area contributed by atoms with Gasteiger partial charge in [0.2, 0.25) is 5.91 Å². The monoisotopic (exact) mass is 238 g/mol. The minimum Gasteiger partial charge on any atom is -0.334 e. The third-order valence-electron chi connectivity index (χ3n) is 3.04. The van der Waals surface area contributed by atoms with Crippen molar-refractivity contribution in [3.8, 4) is 0 Å². The molecule has 2 atom stereocenters. The van der Waals surface area contributed by atoms with Crippen LogP contribution in [-0.4, -0.2) is 23.4 Å². The SMILES string of the molecule is CCN1C(=O)CC(N)C1c1ccccc1Cl. The summed E-state index contributed by atoms with van der Waals surface area (Å²) in [5.41, 5.74) is 6.96. The van der Waals surface area contributed by atoms with Crippen molar-refractivity contribution >= 4 is 17.5 Å². The van der Waals surface area contributed by atoms with Gasteiger partial charge in [-0.05, 0) is 18.6 Å². The first-order valence-corrected chi connectivity index (χ1v) is 5.82. The molecule has 3 nitrogen and oxygen atoms in total. The van der Waals surface area contributed by atoms with E-state index >= 15 is 0 Å². The lowest BCUT2D eigenvalue weighted by Crippen LogP contribution is -2.33. The minimum atomic E-state index is -0.160. The van der Waals surface area contributed by atoms with E-state index in [1.807, 2.05) is 31.2 Å². The number of hydrogen-bond acceptors (Lipinski definition) is 2. The van der Waals surface area contributed by atoms with Gasteiger partial charge < -0.3 is 10.6 Å². The maximum atomic E-state index is 11.7. The van der Waals surface area contributed by atoms with Crippen LogP contribution in [0, 0.1) is 0 Å². The number of hydrogen-bond donors (Lipinski definition) is 1. The second-order valence-electron chi connectivity index (χ2n) is 4.01. The summed E-state index contributed by atoms with van der Waals surface area (Å²) in [6, 6.07) is 7.34. The number of amides is 1. The van der Waals surface area contributed by atoms with Crippen LogP contribution >= 0.6 is 11.6 Å². The molecule has 1 amide bonds. The molecule has 1 saturated heterocycles.